The molecule has 38 heavy (non-hydrogen) atoms. The van der Waals surface area contributed by atoms with Crippen LogP contribution in [0.2, 0.25) is 0 Å². The van der Waals surface area contributed by atoms with Crippen molar-refractivity contribution in [2.45, 2.75) is 32.8 Å². The molecule has 0 aliphatic rings. The number of rotatable bonds is 7. The first-order chi connectivity index (χ1) is 17.7. The number of carbonyl (C=O) groups is 3. The Balaban J connectivity index is 1.98. The number of amides is 1. The van der Waals surface area contributed by atoms with Crippen molar-refractivity contribution < 1.29 is 50.2 Å². The van der Waals surface area contributed by atoms with Crippen molar-refractivity contribution in [3.05, 3.63) is 86.8 Å². The second kappa shape index (κ2) is 11.3. The molecule has 1 heterocycles. The lowest BCUT2D eigenvalue weighted by Crippen LogP contribution is -2.18. The van der Waals surface area contributed by atoms with Crippen LogP contribution in [0.15, 0.2) is 48.5 Å². The number of hydrogen-bond acceptors (Lipinski definition) is 6. The van der Waals surface area contributed by atoms with Crippen molar-refractivity contribution in [3.63, 3.8) is 0 Å². The third-order valence-electron chi connectivity index (χ3n) is 5.10. The first kappa shape index (κ1) is 28.7. The first-order valence-electron chi connectivity index (χ1n) is 10.8. The molecule has 0 fully saturated rings. The Labute approximate surface area is 216 Å². The van der Waals surface area contributed by atoms with E-state index < -0.39 is 46.9 Å². The summed E-state index contributed by atoms with van der Waals surface area (Å²) in [7, 11) is 0. The van der Waals surface area contributed by atoms with Crippen LogP contribution < -0.4 is 5.32 Å². The van der Waals surface area contributed by atoms with Gasteiger partial charge in [-0.25, -0.2) is 9.59 Å². The lowest BCUT2D eigenvalue weighted by atomic mass is 10.0. The van der Waals surface area contributed by atoms with Gasteiger partial charge in [0, 0.05) is 5.56 Å². The molecule has 0 saturated heterocycles. The molecule has 6 nitrogen and oxygen atoms in total. The van der Waals surface area contributed by atoms with Crippen LogP contribution >= 0.6 is 11.3 Å². The summed E-state index contributed by atoms with van der Waals surface area (Å²) in [5.74, 6) is -3.18. The molecule has 2 aromatic carbocycles. The number of esters is 2. The second-order valence-corrected chi connectivity index (χ2v) is 8.81. The van der Waals surface area contributed by atoms with Crippen LogP contribution in [0.1, 0.15) is 59.6 Å². The van der Waals surface area contributed by atoms with E-state index >= 15 is 0 Å². The Morgan fingerprint density at radius 1 is 0.868 bits per heavy atom. The zero-order valence-corrected chi connectivity index (χ0v) is 20.6. The number of ether oxygens (including phenoxy) is 2. The summed E-state index contributed by atoms with van der Waals surface area (Å²) in [6.07, 6.45) is -10.3. The maximum Gasteiger partial charge on any atom is 0.416 e. The minimum atomic E-state index is -5.17. The third-order valence-corrected chi connectivity index (χ3v) is 6.29. The molecule has 0 aliphatic carbocycles. The van der Waals surface area contributed by atoms with Crippen molar-refractivity contribution >= 4 is 34.2 Å². The quantitative estimate of drug-likeness (QED) is 0.252. The number of carbonyl (C=O) groups excluding carboxylic acids is 3. The summed E-state index contributed by atoms with van der Waals surface area (Å²) >= 11 is 0.574. The van der Waals surface area contributed by atoms with E-state index in [0.29, 0.717) is 16.9 Å². The highest BCUT2D eigenvalue weighted by Gasteiger charge is 2.38. The fourth-order valence-electron chi connectivity index (χ4n) is 3.30. The highest BCUT2D eigenvalue weighted by atomic mass is 32.1. The maximum absolute atomic E-state index is 13.2. The van der Waals surface area contributed by atoms with Crippen LogP contribution in [0, 0.1) is 6.92 Å². The highest BCUT2D eigenvalue weighted by Crippen LogP contribution is 2.38. The van der Waals surface area contributed by atoms with Crippen molar-refractivity contribution in [2.24, 2.45) is 0 Å². The number of thiophene rings is 1. The van der Waals surface area contributed by atoms with Gasteiger partial charge in [-0.15, -0.1) is 11.3 Å². The number of benzene rings is 2. The monoisotopic (exact) mass is 559 g/mol. The lowest BCUT2D eigenvalue weighted by molar-refractivity contribution is -0.143. The smallest absolute Gasteiger partial charge is 0.416 e. The molecule has 0 saturated carbocycles. The van der Waals surface area contributed by atoms with Crippen molar-refractivity contribution in [1.82, 2.24) is 0 Å². The molecule has 0 spiro atoms. The van der Waals surface area contributed by atoms with E-state index in [1.54, 1.807) is 30.3 Å². The maximum atomic E-state index is 13.2. The predicted octanol–water partition coefficient (Wildman–Crippen LogP) is 6.88. The Morgan fingerprint density at radius 3 is 1.97 bits per heavy atom. The molecule has 202 valence electrons. The first-order valence-corrected chi connectivity index (χ1v) is 11.7. The lowest BCUT2D eigenvalue weighted by Gasteiger charge is -2.14. The molecule has 0 bridgehead atoms. The van der Waals surface area contributed by atoms with Crippen molar-refractivity contribution in [3.8, 4) is 0 Å². The van der Waals surface area contributed by atoms with Gasteiger partial charge in [0.05, 0.1) is 23.3 Å². The molecular weight excluding hydrogens is 540 g/mol. The number of anilines is 1. The average molecular weight is 559 g/mol. The second-order valence-electron chi connectivity index (χ2n) is 7.79. The molecule has 0 radical (unpaired) electrons. The standard InChI is InChI=1S/C25H19F6NO5S/c1-3-36-22(34)18-13(2)19(23(35)37-12-14-7-5-4-6-8-14)38-21(18)32-20(33)15-9-16(24(26,27)28)11-17(10-15)25(29,30)31/h4-11H,3,12H2,1-2H3,(H,32,33). The minimum Gasteiger partial charge on any atom is -0.462 e. The van der Waals surface area contributed by atoms with Gasteiger partial charge >= 0.3 is 24.3 Å². The summed E-state index contributed by atoms with van der Waals surface area (Å²) in [6, 6.07) is 9.01. The van der Waals surface area contributed by atoms with Gasteiger partial charge in [0.1, 0.15) is 16.5 Å². The molecule has 3 aromatic rings. The van der Waals surface area contributed by atoms with E-state index in [2.05, 4.69) is 5.32 Å². The third kappa shape index (κ3) is 6.71. The van der Waals surface area contributed by atoms with Crippen LogP contribution in [0.3, 0.4) is 0 Å². The fourth-order valence-corrected chi connectivity index (χ4v) is 4.38. The summed E-state index contributed by atoms with van der Waals surface area (Å²) in [4.78, 5) is 38.0. The summed E-state index contributed by atoms with van der Waals surface area (Å²) in [6.45, 7) is 2.66. The predicted molar refractivity (Wildman–Crippen MR) is 125 cm³/mol. The van der Waals surface area contributed by atoms with E-state index in [1.807, 2.05) is 0 Å². The van der Waals surface area contributed by atoms with E-state index in [4.69, 9.17) is 9.47 Å². The summed E-state index contributed by atoms with van der Waals surface area (Å²) in [5.41, 5.74) is -3.88. The molecular formula is C25H19F6NO5S. The van der Waals surface area contributed by atoms with Gasteiger partial charge in [-0.2, -0.15) is 26.3 Å². The van der Waals surface area contributed by atoms with E-state index in [0.717, 1.165) is 0 Å². The van der Waals surface area contributed by atoms with Gasteiger partial charge in [-0.3, -0.25) is 4.79 Å². The molecule has 1 amide bonds. The van der Waals surface area contributed by atoms with Gasteiger partial charge in [0.2, 0.25) is 0 Å². The van der Waals surface area contributed by atoms with Crippen molar-refractivity contribution in [1.29, 1.82) is 0 Å². The largest absolute Gasteiger partial charge is 0.462 e. The van der Waals surface area contributed by atoms with Gasteiger partial charge < -0.3 is 14.8 Å². The number of alkyl halides is 6. The number of halogens is 6. The van der Waals surface area contributed by atoms with E-state index in [-0.39, 0.29) is 52.4 Å². The van der Waals surface area contributed by atoms with Crippen LogP contribution in [-0.2, 0) is 28.4 Å². The van der Waals surface area contributed by atoms with Gasteiger partial charge in [-0.05, 0) is 43.2 Å². The number of nitrogens with one attached hydrogen (secondary N) is 1. The SMILES string of the molecule is CCOC(=O)c1c(NC(=O)c2cc(C(F)(F)F)cc(C(F)(F)F)c2)sc(C(=O)OCc2ccccc2)c1C. The normalized spacial score (nSPS) is 11.7. The molecule has 0 aliphatic heterocycles. The Morgan fingerprint density at radius 2 is 1.45 bits per heavy atom. The Bertz CT molecular complexity index is 1320. The molecule has 1 N–H and O–H groups in total. The van der Waals surface area contributed by atoms with Crippen LogP contribution in [0.25, 0.3) is 0 Å². The van der Waals surface area contributed by atoms with Crippen LogP contribution in [0.5, 0.6) is 0 Å². The van der Waals surface area contributed by atoms with Crippen LogP contribution in [-0.4, -0.2) is 24.5 Å². The minimum absolute atomic E-state index is 0.0573. The van der Waals surface area contributed by atoms with Crippen molar-refractivity contribution in [2.75, 3.05) is 11.9 Å². The van der Waals surface area contributed by atoms with Gasteiger partial charge in [0.25, 0.3) is 5.91 Å². The molecule has 0 atom stereocenters. The van der Waals surface area contributed by atoms with E-state index in [9.17, 15) is 40.7 Å². The zero-order chi connectivity index (χ0) is 28.3. The summed E-state index contributed by atoms with van der Waals surface area (Å²) in [5, 5.41) is 1.85. The zero-order valence-electron chi connectivity index (χ0n) is 19.8. The molecule has 3 rings (SSSR count). The Hall–Kier alpha value is -3.87. The number of hydrogen-bond donors (Lipinski definition) is 1. The molecule has 1 aromatic heterocycles. The van der Waals surface area contributed by atoms with Gasteiger partial charge in [-0.1, -0.05) is 30.3 Å². The molecule has 13 heteroatoms. The topological polar surface area (TPSA) is 81.7 Å². The van der Waals surface area contributed by atoms with Gasteiger partial charge in [0.15, 0.2) is 0 Å². The molecule has 0 unspecified atom stereocenters. The highest BCUT2D eigenvalue weighted by molar-refractivity contribution is 7.18. The van der Waals surface area contributed by atoms with Crippen LogP contribution in [0.4, 0.5) is 31.3 Å². The fraction of sp³-hybridized carbons (Fsp3) is 0.240. The average Bonchev–Trinajstić information content (AvgIpc) is 3.17. The Kier molecular flexibility index (Phi) is 8.50. The van der Waals surface area contributed by atoms with E-state index in [1.165, 1.54) is 13.8 Å². The summed E-state index contributed by atoms with van der Waals surface area (Å²) < 4.78 is 89.5.